The van der Waals surface area contributed by atoms with E-state index in [4.69, 9.17) is 5.73 Å². The van der Waals surface area contributed by atoms with E-state index in [-0.39, 0.29) is 6.04 Å². The minimum absolute atomic E-state index is 0.309. The van der Waals surface area contributed by atoms with Crippen molar-refractivity contribution in [1.29, 1.82) is 0 Å². The molecule has 20 heavy (non-hydrogen) atoms. The molecule has 0 atom stereocenters. The molecule has 3 nitrogen and oxygen atoms in total. The van der Waals surface area contributed by atoms with E-state index in [2.05, 4.69) is 4.98 Å². The largest absolute Gasteiger partial charge is 0.405 e. The van der Waals surface area contributed by atoms with Crippen molar-refractivity contribution in [3.05, 3.63) is 17.1 Å². The molecule has 2 aromatic rings. The Bertz CT molecular complexity index is 619. The van der Waals surface area contributed by atoms with Gasteiger partial charge in [0.25, 0.3) is 0 Å². The van der Waals surface area contributed by atoms with Gasteiger partial charge in [0.1, 0.15) is 6.54 Å². The maximum Gasteiger partial charge on any atom is 0.405 e. The van der Waals surface area contributed by atoms with Gasteiger partial charge in [-0.3, -0.25) is 0 Å². The van der Waals surface area contributed by atoms with Crippen LogP contribution in [-0.2, 0) is 0 Å². The van der Waals surface area contributed by atoms with Crippen molar-refractivity contribution in [3.63, 3.8) is 0 Å². The summed E-state index contributed by atoms with van der Waals surface area (Å²) in [5.41, 5.74) is 7.34. The number of hydrogen-bond donors (Lipinski definition) is 1. The Hall–Kier alpha value is -1.50. The molecule has 0 spiro atoms. The summed E-state index contributed by atoms with van der Waals surface area (Å²) in [4.78, 5) is 5.56. The van der Waals surface area contributed by atoms with Crippen LogP contribution in [0.3, 0.4) is 0 Å². The van der Waals surface area contributed by atoms with Crippen LogP contribution in [-0.4, -0.2) is 23.7 Å². The highest BCUT2D eigenvalue weighted by atomic mass is 32.1. The average Bonchev–Trinajstić information content (AvgIpc) is 2.62. The van der Waals surface area contributed by atoms with Gasteiger partial charge in [-0.1, -0.05) is 0 Å². The van der Waals surface area contributed by atoms with Crippen LogP contribution in [0.4, 0.5) is 24.5 Å². The van der Waals surface area contributed by atoms with Crippen LogP contribution in [0.15, 0.2) is 12.1 Å². The number of aromatic nitrogens is 1. The highest BCUT2D eigenvalue weighted by Crippen LogP contribution is 2.34. The minimum atomic E-state index is -4.27. The number of aryl methyl sites for hydroxylation is 1. The fourth-order valence-electron chi connectivity index (χ4n) is 2.08. The summed E-state index contributed by atoms with van der Waals surface area (Å²) < 4.78 is 39.0. The van der Waals surface area contributed by atoms with Crippen molar-refractivity contribution in [1.82, 2.24) is 4.98 Å². The van der Waals surface area contributed by atoms with Crippen molar-refractivity contribution in [2.75, 3.05) is 17.2 Å². The molecule has 0 aliphatic carbocycles. The number of halogens is 3. The Labute approximate surface area is 119 Å². The maximum atomic E-state index is 12.7. The molecule has 0 saturated carbocycles. The number of nitrogen functional groups attached to an aromatic ring is 1. The topological polar surface area (TPSA) is 42.2 Å². The molecule has 0 aliphatic heterocycles. The average molecular weight is 303 g/mol. The highest BCUT2D eigenvalue weighted by molar-refractivity contribution is 7.18. The minimum Gasteiger partial charge on any atom is -0.397 e. The first-order valence-corrected chi connectivity index (χ1v) is 6.99. The summed E-state index contributed by atoms with van der Waals surface area (Å²) in [6, 6.07) is 3.03. The molecule has 0 unspecified atom stereocenters. The number of anilines is 2. The highest BCUT2D eigenvalue weighted by Gasteiger charge is 2.32. The zero-order valence-electron chi connectivity index (χ0n) is 11.5. The number of fused-ring (bicyclic) bond motifs is 1. The Morgan fingerprint density at radius 1 is 1.35 bits per heavy atom. The molecule has 0 amide bonds. The van der Waals surface area contributed by atoms with Crippen molar-refractivity contribution < 1.29 is 13.2 Å². The van der Waals surface area contributed by atoms with Crippen LogP contribution in [0.5, 0.6) is 0 Å². The summed E-state index contributed by atoms with van der Waals surface area (Å²) in [6.07, 6.45) is -4.27. The molecule has 0 radical (unpaired) electrons. The Morgan fingerprint density at radius 3 is 2.55 bits per heavy atom. The van der Waals surface area contributed by atoms with Gasteiger partial charge in [0.05, 0.1) is 26.6 Å². The Balaban J connectivity index is 2.49. The number of hydrogen-bond acceptors (Lipinski definition) is 4. The predicted molar refractivity (Wildman–Crippen MR) is 77.3 cm³/mol. The molecular weight excluding hydrogens is 287 g/mol. The van der Waals surface area contributed by atoms with E-state index >= 15 is 0 Å². The SMILES string of the molecule is Cc1nc2cc(N(CC(F)(F)F)C(C)C)c(N)cc2s1. The second-order valence-electron chi connectivity index (χ2n) is 4.95. The lowest BCUT2D eigenvalue weighted by Gasteiger charge is -2.30. The normalized spacial score (nSPS) is 12.3. The van der Waals surface area contributed by atoms with Gasteiger partial charge in [-0.05, 0) is 32.9 Å². The molecular formula is C13H16F3N3S. The first-order chi connectivity index (χ1) is 9.17. The van der Waals surface area contributed by atoms with Gasteiger partial charge in [0.15, 0.2) is 0 Å². The van der Waals surface area contributed by atoms with Gasteiger partial charge < -0.3 is 10.6 Å². The number of nitrogens with zero attached hydrogens (tertiary/aromatic N) is 2. The van der Waals surface area contributed by atoms with E-state index in [9.17, 15) is 13.2 Å². The van der Waals surface area contributed by atoms with E-state index in [1.165, 1.54) is 16.2 Å². The predicted octanol–water partition coefficient (Wildman–Crippen LogP) is 3.96. The molecule has 110 valence electrons. The Morgan fingerprint density at radius 2 is 2.00 bits per heavy atom. The molecule has 2 N–H and O–H groups in total. The van der Waals surface area contributed by atoms with Crippen LogP contribution in [0.1, 0.15) is 18.9 Å². The van der Waals surface area contributed by atoms with Crippen LogP contribution in [0, 0.1) is 6.92 Å². The van der Waals surface area contributed by atoms with Gasteiger partial charge in [0, 0.05) is 6.04 Å². The Kier molecular flexibility index (Phi) is 3.82. The molecule has 0 saturated heterocycles. The lowest BCUT2D eigenvalue weighted by molar-refractivity contribution is -0.120. The number of benzene rings is 1. The first kappa shape index (κ1) is 14.9. The molecule has 7 heteroatoms. The third kappa shape index (κ3) is 3.15. The molecule has 0 fully saturated rings. The summed E-state index contributed by atoms with van der Waals surface area (Å²) in [7, 11) is 0. The molecule has 2 rings (SSSR count). The van der Waals surface area contributed by atoms with Gasteiger partial charge in [-0.2, -0.15) is 13.2 Å². The summed E-state index contributed by atoms with van der Waals surface area (Å²) in [6.45, 7) is 4.25. The molecule has 0 bridgehead atoms. The maximum absolute atomic E-state index is 12.7. The van der Waals surface area contributed by atoms with Crippen LogP contribution >= 0.6 is 11.3 Å². The second kappa shape index (κ2) is 5.12. The third-order valence-corrected chi connectivity index (χ3v) is 3.86. The molecule has 0 aliphatic rings. The number of thiazole rings is 1. The van der Waals surface area contributed by atoms with Crippen molar-refractivity contribution >= 4 is 32.9 Å². The summed E-state index contributed by atoms with van der Waals surface area (Å²) in [5.74, 6) is 0. The van der Waals surface area contributed by atoms with Crippen LogP contribution in [0.2, 0.25) is 0 Å². The molecule has 1 aromatic heterocycles. The fraction of sp³-hybridized carbons (Fsp3) is 0.462. The fourth-order valence-corrected chi connectivity index (χ4v) is 2.94. The number of alkyl halides is 3. The van der Waals surface area contributed by atoms with Crippen molar-refractivity contribution in [3.8, 4) is 0 Å². The van der Waals surface area contributed by atoms with Gasteiger partial charge in [0.2, 0.25) is 0 Å². The van der Waals surface area contributed by atoms with E-state index < -0.39 is 12.7 Å². The van der Waals surface area contributed by atoms with Crippen LogP contribution < -0.4 is 10.6 Å². The van der Waals surface area contributed by atoms with Gasteiger partial charge in [-0.25, -0.2) is 4.98 Å². The van der Waals surface area contributed by atoms with Gasteiger partial charge >= 0.3 is 6.18 Å². The van der Waals surface area contributed by atoms with Crippen LogP contribution in [0.25, 0.3) is 10.2 Å². The summed E-state index contributed by atoms with van der Waals surface area (Å²) >= 11 is 1.48. The van der Waals surface area contributed by atoms with E-state index in [0.717, 1.165) is 9.71 Å². The van der Waals surface area contributed by atoms with Crippen molar-refractivity contribution in [2.24, 2.45) is 0 Å². The lowest BCUT2D eigenvalue weighted by Crippen LogP contribution is -2.39. The van der Waals surface area contributed by atoms with Crippen molar-refractivity contribution in [2.45, 2.75) is 33.0 Å². The van der Waals surface area contributed by atoms with E-state index in [1.807, 2.05) is 6.92 Å². The first-order valence-electron chi connectivity index (χ1n) is 6.17. The number of nitrogens with two attached hydrogens (primary N) is 1. The van der Waals surface area contributed by atoms with E-state index in [0.29, 0.717) is 16.9 Å². The quantitative estimate of drug-likeness (QED) is 0.873. The summed E-state index contributed by atoms with van der Waals surface area (Å²) in [5, 5.41) is 0.864. The standard InChI is InChI=1S/C13H16F3N3S/c1-7(2)19(6-13(14,15)16)11-5-10-12(4-9(11)17)20-8(3)18-10/h4-5,7H,6,17H2,1-3H3. The zero-order valence-corrected chi connectivity index (χ0v) is 12.3. The molecule has 1 heterocycles. The second-order valence-corrected chi connectivity index (χ2v) is 6.18. The lowest BCUT2D eigenvalue weighted by atomic mass is 10.2. The number of rotatable bonds is 3. The molecule has 1 aromatic carbocycles. The van der Waals surface area contributed by atoms with Gasteiger partial charge in [-0.15, -0.1) is 11.3 Å². The monoisotopic (exact) mass is 303 g/mol. The smallest absolute Gasteiger partial charge is 0.397 e. The zero-order chi connectivity index (χ0) is 15.1. The third-order valence-electron chi connectivity index (χ3n) is 2.93. The van der Waals surface area contributed by atoms with E-state index in [1.54, 1.807) is 26.0 Å².